The highest BCUT2D eigenvalue weighted by atomic mass is 16.5. The van der Waals surface area contributed by atoms with Crippen LogP contribution in [0.4, 0.5) is 5.69 Å². The van der Waals surface area contributed by atoms with E-state index in [1.807, 2.05) is 0 Å². The molecule has 8 nitrogen and oxygen atoms in total. The van der Waals surface area contributed by atoms with Crippen molar-refractivity contribution in [2.75, 3.05) is 11.5 Å². The van der Waals surface area contributed by atoms with Gasteiger partial charge in [0.15, 0.2) is 12.4 Å². The molecule has 1 aliphatic heterocycles. The third kappa shape index (κ3) is 3.69. The molecular formula is C28H23NO7. The summed E-state index contributed by atoms with van der Waals surface area (Å²) in [5.74, 6) is -0.474. The predicted molar refractivity (Wildman–Crippen MR) is 127 cm³/mol. The minimum Gasteiger partial charge on any atom is -0.483 e. The fourth-order valence-electron chi connectivity index (χ4n) is 5.90. The average molecular weight is 485 g/mol. The average Bonchev–Trinajstić information content (AvgIpc) is 3.69. The van der Waals surface area contributed by atoms with Crippen LogP contribution >= 0.6 is 0 Å². The zero-order chi connectivity index (χ0) is 24.8. The number of esters is 1. The van der Waals surface area contributed by atoms with Crippen molar-refractivity contribution >= 4 is 29.3 Å². The van der Waals surface area contributed by atoms with Crippen LogP contribution < -0.4 is 14.4 Å². The molecule has 8 heteroatoms. The Hall–Kier alpha value is -4.20. The van der Waals surface area contributed by atoms with Gasteiger partial charge in [-0.1, -0.05) is 12.1 Å². The molecule has 1 saturated heterocycles. The summed E-state index contributed by atoms with van der Waals surface area (Å²) in [7, 11) is 0. The Bertz CT molecular complexity index is 1320. The maximum Gasteiger partial charge on any atom is 0.379 e. The van der Waals surface area contributed by atoms with E-state index < -0.39 is 5.97 Å². The van der Waals surface area contributed by atoms with E-state index in [0.29, 0.717) is 17.0 Å². The van der Waals surface area contributed by atoms with E-state index in [1.54, 1.807) is 30.3 Å². The van der Waals surface area contributed by atoms with Gasteiger partial charge in [-0.25, -0.2) is 9.69 Å². The number of benzene rings is 2. The summed E-state index contributed by atoms with van der Waals surface area (Å²) in [5, 5.41) is 0. The van der Waals surface area contributed by atoms with Crippen molar-refractivity contribution in [1.29, 1.82) is 0 Å². The summed E-state index contributed by atoms with van der Waals surface area (Å²) in [6, 6.07) is 16.0. The first-order valence-electron chi connectivity index (χ1n) is 12.0. The lowest BCUT2D eigenvalue weighted by Gasteiger charge is -2.20. The van der Waals surface area contributed by atoms with Gasteiger partial charge in [0.1, 0.15) is 11.5 Å². The monoisotopic (exact) mass is 485 g/mol. The number of imide groups is 1. The van der Waals surface area contributed by atoms with Gasteiger partial charge in [-0.3, -0.25) is 14.4 Å². The minimum absolute atomic E-state index is 0.0773. The molecule has 1 aromatic heterocycles. The number of ketones is 1. The summed E-state index contributed by atoms with van der Waals surface area (Å²) in [4.78, 5) is 52.5. The quantitative estimate of drug-likeness (QED) is 0.213. The molecule has 0 N–H and O–H groups in total. The first-order chi connectivity index (χ1) is 17.5. The third-order valence-electron chi connectivity index (χ3n) is 7.50. The summed E-state index contributed by atoms with van der Waals surface area (Å²) in [5.41, 5.74) is 0.749. The van der Waals surface area contributed by atoms with Crippen LogP contribution in [0.25, 0.3) is 0 Å². The van der Waals surface area contributed by atoms with E-state index in [-0.39, 0.29) is 59.4 Å². The molecule has 2 saturated carbocycles. The molecule has 182 valence electrons. The Kier molecular flexibility index (Phi) is 5.44. The molecule has 3 aliphatic rings. The molecule has 3 aromatic rings. The minimum atomic E-state index is -0.637. The van der Waals surface area contributed by atoms with Crippen LogP contribution in [-0.4, -0.2) is 30.2 Å². The van der Waals surface area contributed by atoms with Crippen molar-refractivity contribution in [1.82, 2.24) is 0 Å². The zero-order valence-corrected chi connectivity index (χ0v) is 19.3. The van der Waals surface area contributed by atoms with Crippen LogP contribution in [-0.2, 0) is 9.59 Å². The number of ether oxygens (including phenoxy) is 2. The van der Waals surface area contributed by atoms with E-state index in [9.17, 15) is 19.2 Å². The first kappa shape index (κ1) is 22.3. The number of rotatable bonds is 7. The predicted octanol–water partition coefficient (Wildman–Crippen LogP) is 4.30. The van der Waals surface area contributed by atoms with Gasteiger partial charge in [-0.05, 0) is 79.6 Å². The van der Waals surface area contributed by atoms with Gasteiger partial charge >= 0.3 is 5.97 Å². The molecule has 36 heavy (non-hydrogen) atoms. The summed E-state index contributed by atoms with van der Waals surface area (Å²) < 4.78 is 16.0. The zero-order valence-electron chi connectivity index (χ0n) is 19.3. The summed E-state index contributed by atoms with van der Waals surface area (Å²) in [6.45, 7) is -0.281. The largest absolute Gasteiger partial charge is 0.483 e. The molecule has 3 fully saturated rings. The molecule has 0 spiro atoms. The van der Waals surface area contributed by atoms with Crippen LogP contribution in [0.15, 0.2) is 71.3 Å². The number of anilines is 1. The molecule has 6 rings (SSSR count). The lowest BCUT2D eigenvalue weighted by molar-refractivity contribution is -0.123. The number of carbonyl (C=O) groups is 4. The van der Waals surface area contributed by atoms with E-state index in [2.05, 4.69) is 0 Å². The number of carbonyl (C=O) groups excluding carboxylic acids is 4. The van der Waals surface area contributed by atoms with E-state index in [0.717, 1.165) is 19.3 Å². The van der Waals surface area contributed by atoms with Crippen molar-refractivity contribution in [2.24, 2.45) is 23.7 Å². The summed E-state index contributed by atoms with van der Waals surface area (Å²) >= 11 is 0. The smallest absolute Gasteiger partial charge is 0.379 e. The lowest BCUT2D eigenvalue weighted by atomic mass is 9.81. The molecule has 4 atom stereocenters. The van der Waals surface area contributed by atoms with Gasteiger partial charge in [-0.15, -0.1) is 0 Å². The molecule has 0 radical (unpaired) electrons. The number of furan rings is 1. The van der Waals surface area contributed by atoms with Crippen LogP contribution in [0.5, 0.6) is 11.5 Å². The molecule has 2 aliphatic carbocycles. The summed E-state index contributed by atoms with van der Waals surface area (Å²) in [6.07, 6.45) is 4.36. The lowest BCUT2D eigenvalue weighted by Crippen LogP contribution is -2.33. The first-order valence-corrected chi connectivity index (χ1v) is 12.0. The van der Waals surface area contributed by atoms with Crippen LogP contribution in [0, 0.1) is 23.7 Å². The molecule has 2 aromatic carbocycles. The van der Waals surface area contributed by atoms with E-state index >= 15 is 0 Å². The highest BCUT2D eigenvalue weighted by Crippen LogP contribution is 2.57. The van der Waals surface area contributed by atoms with Crippen LogP contribution in [0.2, 0.25) is 0 Å². The molecule has 2 heterocycles. The fraction of sp³-hybridized carbons (Fsp3) is 0.286. The van der Waals surface area contributed by atoms with Crippen molar-refractivity contribution in [2.45, 2.75) is 19.3 Å². The normalized spacial score (nSPS) is 24.2. The molecule has 2 amide bonds. The van der Waals surface area contributed by atoms with Crippen LogP contribution in [0.1, 0.15) is 40.2 Å². The number of fused-ring (bicyclic) bond motifs is 5. The number of Topliss-reactive ketones (excluding diaryl/α,β-unsaturated/α-hetero) is 1. The van der Waals surface area contributed by atoms with E-state index in [4.69, 9.17) is 13.9 Å². The Morgan fingerprint density at radius 2 is 1.58 bits per heavy atom. The highest BCUT2D eigenvalue weighted by Gasteiger charge is 2.61. The van der Waals surface area contributed by atoms with Crippen molar-refractivity contribution in [3.05, 3.63) is 78.3 Å². The van der Waals surface area contributed by atoms with Crippen molar-refractivity contribution < 1.29 is 33.1 Å². The number of nitrogens with zero attached hydrogens (tertiary/aromatic N) is 1. The standard InChI is InChI=1S/C28H23NO7/c30-21(16-9-11-19(12-10-16)36-28(33)23-6-3-13-34-23)15-35-22-5-2-1-4-20(22)29-26(31)24-17-7-8-18(14-17)25(24)27(29)32/h1-6,9-13,17-18,24-25H,7-8,14-15H2. The van der Waals surface area contributed by atoms with E-state index in [1.165, 1.54) is 41.5 Å². The Labute approximate surface area is 206 Å². The van der Waals surface area contributed by atoms with Crippen molar-refractivity contribution in [3.8, 4) is 11.5 Å². The Morgan fingerprint density at radius 1 is 0.889 bits per heavy atom. The molecule has 2 bridgehead atoms. The number of hydrogen-bond acceptors (Lipinski definition) is 7. The molecular weight excluding hydrogens is 462 g/mol. The highest BCUT2D eigenvalue weighted by molar-refractivity contribution is 6.23. The topological polar surface area (TPSA) is 103 Å². The van der Waals surface area contributed by atoms with Crippen molar-refractivity contribution in [3.63, 3.8) is 0 Å². The maximum atomic E-state index is 13.2. The Morgan fingerprint density at radius 3 is 2.25 bits per heavy atom. The maximum absolute atomic E-state index is 13.2. The SMILES string of the molecule is O=C(COc1ccccc1N1C(=O)C2C3CCC(C3)C2C1=O)c1ccc(OC(=O)c2ccco2)cc1. The van der Waals surface area contributed by atoms with Gasteiger partial charge in [0.2, 0.25) is 17.6 Å². The second-order valence-electron chi connectivity index (χ2n) is 9.47. The second kappa shape index (κ2) is 8.78. The fourth-order valence-corrected chi connectivity index (χ4v) is 5.90. The van der Waals surface area contributed by atoms with Gasteiger partial charge in [0.25, 0.3) is 0 Å². The number of hydrogen-bond donors (Lipinski definition) is 0. The molecule has 4 unspecified atom stereocenters. The number of amides is 2. The van der Waals surface area contributed by atoms with Crippen LogP contribution in [0.3, 0.4) is 0 Å². The Balaban J connectivity index is 1.13. The van der Waals surface area contributed by atoms with Gasteiger partial charge in [-0.2, -0.15) is 0 Å². The van der Waals surface area contributed by atoms with Gasteiger partial charge < -0.3 is 13.9 Å². The third-order valence-corrected chi connectivity index (χ3v) is 7.50. The van der Waals surface area contributed by atoms with Gasteiger partial charge in [0, 0.05) is 5.56 Å². The second-order valence-corrected chi connectivity index (χ2v) is 9.47. The number of para-hydroxylation sites is 2. The van der Waals surface area contributed by atoms with Gasteiger partial charge in [0.05, 0.1) is 23.8 Å².